The number of nitrogens with one attached hydrogen (secondary N) is 2. The maximum absolute atomic E-state index is 12.2. The molecule has 1 aromatic heterocycles. The van der Waals surface area contributed by atoms with E-state index in [1.165, 1.54) is 0 Å². The summed E-state index contributed by atoms with van der Waals surface area (Å²) in [5.41, 5.74) is 1.68. The Hall–Kier alpha value is -2.14. The van der Waals surface area contributed by atoms with Gasteiger partial charge in [0.05, 0.1) is 17.9 Å². The second-order valence-electron chi connectivity index (χ2n) is 4.79. The van der Waals surface area contributed by atoms with E-state index >= 15 is 0 Å². The molecule has 2 heterocycles. The molecule has 3 rings (SSSR count). The number of nitrogens with zero attached hydrogens (tertiary/aromatic N) is 2. The normalized spacial score (nSPS) is 18.8. The van der Waals surface area contributed by atoms with E-state index in [1.54, 1.807) is 11.1 Å². The number of hydrogen-bond acceptors (Lipinski definition) is 3. The van der Waals surface area contributed by atoms with E-state index in [2.05, 4.69) is 22.5 Å². The molecule has 0 saturated carbocycles. The van der Waals surface area contributed by atoms with Gasteiger partial charge in [-0.3, -0.25) is 10.3 Å². The summed E-state index contributed by atoms with van der Waals surface area (Å²) in [7, 11) is 0. The lowest BCUT2D eigenvalue weighted by Crippen LogP contribution is -2.33. The van der Waals surface area contributed by atoms with Gasteiger partial charge in [-0.2, -0.15) is 0 Å². The fourth-order valence-corrected chi connectivity index (χ4v) is 2.28. The Bertz CT molecular complexity index is 608. The third-order valence-electron chi connectivity index (χ3n) is 3.30. The minimum absolute atomic E-state index is 0.0757. The standard InChI is InChI=1S/C14H16N4O/c1-10-8-18(9-16-10)14(19)17-13-6-7-15-12-5-3-2-4-11(12)13/h2-7,10,16H,8-9H2,1H3,(H,15,17,19). The molecule has 19 heavy (non-hydrogen) atoms. The highest BCUT2D eigenvalue weighted by atomic mass is 16.2. The lowest BCUT2D eigenvalue weighted by Gasteiger charge is -2.16. The molecular weight excluding hydrogens is 240 g/mol. The summed E-state index contributed by atoms with van der Waals surface area (Å²) < 4.78 is 0. The number of hydrogen-bond donors (Lipinski definition) is 2. The molecule has 1 aliphatic heterocycles. The quantitative estimate of drug-likeness (QED) is 0.820. The zero-order chi connectivity index (χ0) is 13.2. The minimum Gasteiger partial charge on any atom is -0.310 e. The van der Waals surface area contributed by atoms with Crippen molar-refractivity contribution in [1.29, 1.82) is 0 Å². The number of para-hydroxylation sites is 1. The van der Waals surface area contributed by atoms with Crippen molar-refractivity contribution in [2.24, 2.45) is 0 Å². The van der Waals surface area contributed by atoms with E-state index in [4.69, 9.17) is 0 Å². The highest BCUT2D eigenvalue weighted by Crippen LogP contribution is 2.21. The van der Waals surface area contributed by atoms with Crippen LogP contribution in [0.15, 0.2) is 36.5 Å². The molecule has 2 amide bonds. The van der Waals surface area contributed by atoms with Crippen molar-refractivity contribution in [3.63, 3.8) is 0 Å². The second kappa shape index (κ2) is 4.85. The molecule has 5 nitrogen and oxygen atoms in total. The van der Waals surface area contributed by atoms with Crippen molar-refractivity contribution in [3.05, 3.63) is 36.5 Å². The van der Waals surface area contributed by atoms with Gasteiger partial charge in [-0.15, -0.1) is 0 Å². The van der Waals surface area contributed by atoms with Crippen LogP contribution in [0.5, 0.6) is 0 Å². The van der Waals surface area contributed by atoms with Crippen LogP contribution >= 0.6 is 0 Å². The molecule has 98 valence electrons. The number of carbonyl (C=O) groups is 1. The molecule has 5 heteroatoms. The summed E-state index contributed by atoms with van der Waals surface area (Å²) in [6.07, 6.45) is 1.71. The Labute approximate surface area is 111 Å². The van der Waals surface area contributed by atoms with Gasteiger partial charge in [0.2, 0.25) is 0 Å². The van der Waals surface area contributed by atoms with Crippen LogP contribution in [0.1, 0.15) is 6.92 Å². The molecule has 2 N–H and O–H groups in total. The van der Waals surface area contributed by atoms with E-state index in [1.807, 2.05) is 30.3 Å². The van der Waals surface area contributed by atoms with Gasteiger partial charge in [-0.1, -0.05) is 18.2 Å². The van der Waals surface area contributed by atoms with Crippen LogP contribution in [-0.4, -0.2) is 35.2 Å². The average molecular weight is 256 g/mol. The number of amides is 2. The topological polar surface area (TPSA) is 57.3 Å². The Kier molecular flexibility index (Phi) is 3.05. The molecule has 0 radical (unpaired) electrons. The lowest BCUT2D eigenvalue weighted by atomic mass is 10.2. The monoisotopic (exact) mass is 256 g/mol. The number of fused-ring (bicyclic) bond motifs is 1. The summed E-state index contributed by atoms with van der Waals surface area (Å²) in [5, 5.41) is 7.14. The van der Waals surface area contributed by atoms with Crippen molar-refractivity contribution in [1.82, 2.24) is 15.2 Å². The Morgan fingerprint density at radius 3 is 3.05 bits per heavy atom. The number of rotatable bonds is 1. The van der Waals surface area contributed by atoms with Crippen LogP contribution in [-0.2, 0) is 0 Å². The Morgan fingerprint density at radius 2 is 2.26 bits per heavy atom. The Morgan fingerprint density at radius 1 is 1.42 bits per heavy atom. The number of anilines is 1. The largest absolute Gasteiger partial charge is 0.322 e. The van der Waals surface area contributed by atoms with Crippen LogP contribution < -0.4 is 10.6 Å². The van der Waals surface area contributed by atoms with Gasteiger partial charge in [-0.25, -0.2) is 4.79 Å². The molecule has 1 fully saturated rings. The SMILES string of the molecule is CC1CN(C(=O)Nc2ccnc3ccccc23)CN1. The summed E-state index contributed by atoms with van der Waals surface area (Å²) in [5.74, 6) is 0. The highest BCUT2D eigenvalue weighted by molar-refractivity contribution is 6.00. The number of urea groups is 1. The van der Waals surface area contributed by atoms with Crippen LogP contribution in [0.4, 0.5) is 10.5 Å². The molecule has 1 aliphatic rings. The molecule has 0 aliphatic carbocycles. The Balaban J connectivity index is 1.83. The molecule has 1 atom stereocenters. The maximum atomic E-state index is 12.2. The van der Waals surface area contributed by atoms with Crippen molar-refractivity contribution >= 4 is 22.6 Å². The summed E-state index contributed by atoms with van der Waals surface area (Å²) in [6, 6.07) is 9.88. The summed E-state index contributed by atoms with van der Waals surface area (Å²) >= 11 is 0. The predicted molar refractivity (Wildman–Crippen MR) is 74.9 cm³/mol. The fraction of sp³-hybridized carbons (Fsp3) is 0.286. The van der Waals surface area contributed by atoms with E-state index in [-0.39, 0.29) is 6.03 Å². The molecule has 0 spiro atoms. The first-order chi connectivity index (χ1) is 9.24. The van der Waals surface area contributed by atoms with Crippen LogP contribution in [0, 0.1) is 0 Å². The van der Waals surface area contributed by atoms with Crippen molar-refractivity contribution in [2.45, 2.75) is 13.0 Å². The van der Waals surface area contributed by atoms with Gasteiger partial charge < -0.3 is 10.2 Å². The zero-order valence-corrected chi connectivity index (χ0v) is 10.8. The van der Waals surface area contributed by atoms with Crippen molar-refractivity contribution < 1.29 is 4.79 Å². The molecule has 1 aromatic carbocycles. The molecule has 0 bridgehead atoms. The maximum Gasteiger partial charge on any atom is 0.322 e. The number of pyridine rings is 1. The van der Waals surface area contributed by atoms with Gasteiger partial charge in [0.15, 0.2) is 0 Å². The van der Waals surface area contributed by atoms with Gasteiger partial charge in [-0.05, 0) is 19.1 Å². The van der Waals surface area contributed by atoms with Crippen LogP contribution in [0.2, 0.25) is 0 Å². The smallest absolute Gasteiger partial charge is 0.310 e. The molecular formula is C14H16N4O. The minimum atomic E-state index is -0.0757. The summed E-state index contributed by atoms with van der Waals surface area (Å²) in [4.78, 5) is 18.2. The third-order valence-corrected chi connectivity index (χ3v) is 3.30. The fourth-order valence-electron chi connectivity index (χ4n) is 2.28. The van der Waals surface area contributed by atoms with Gasteiger partial charge in [0, 0.05) is 24.2 Å². The number of aromatic nitrogens is 1. The van der Waals surface area contributed by atoms with Gasteiger partial charge >= 0.3 is 6.03 Å². The predicted octanol–water partition coefficient (Wildman–Crippen LogP) is 2.02. The van der Waals surface area contributed by atoms with E-state index in [0.29, 0.717) is 12.7 Å². The van der Waals surface area contributed by atoms with Crippen molar-refractivity contribution in [3.8, 4) is 0 Å². The molecule has 1 unspecified atom stereocenters. The van der Waals surface area contributed by atoms with E-state index in [9.17, 15) is 4.79 Å². The third kappa shape index (κ3) is 2.37. The van der Waals surface area contributed by atoms with Crippen molar-refractivity contribution in [2.75, 3.05) is 18.5 Å². The average Bonchev–Trinajstić information content (AvgIpc) is 2.86. The molecule has 2 aromatic rings. The molecule has 1 saturated heterocycles. The highest BCUT2D eigenvalue weighted by Gasteiger charge is 2.22. The van der Waals surface area contributed by atoms with Crippen LogP contribution in [0.25, 0.3) is 10.9 Å². The number of carbonyl (C=O) groups excluding carboxylic acids is 1. The number of benzene rings is 1. The summed E-state index contributed by atoms with van der Waals surface area (Å²) in [6.45, 7) is 3.39. The van der Waals surface area contributed by atoms with E-state index in [0.717, 1.165) is 23.1 Å². The first-order valence-electron chi connectivity index (χ1n) is 6.37. The van der Waals surface area contributed by atoms with Crippen LogP contribution in [0.3, 0.4) is 0 Å². The van der Waals surface area contributed by atoms with E-state index < -0.39 is 0 Å². The first-order valence-corrected chi connectivity index (χ1v) is 6.37. The van der Waals surface area contributed by atoms with Gasteiger partial charge in [0.25, 0.3) is 0 Å². The zero-order valence-electron chi connectivity index (χ0n) is 10.8. The second-order valence-corrected chi connectivity index (χ2v) is 4.79. The lowest BCUT2D eigenvalue weighted by molar-refractivity contribution is 0.221. The first kappa shape index (κ1) is 11.9. The van der Waals surface area contributed by atoms with Gasteiger partial charge in [0.1, 0.15) is 0 Å².